The van der Waals surface area contributed by atoms with Gasteiger partial charge in [0.25, 0.3) is 11.6 Å². The molecule has 7 nitrogen and oxygen atoms in total. The third kappa shape index (κ3) is 4.36. The van der Waals surface area contributed by atoms with E-state index < -0.39 is 10.8 Å². The van der Waals surface area contributed by atoms with Crippen molar-refractivity contribution in [2.45, 2.75) is 0 Å². The van der Waals surface area contributed by atoms with Crippen molar-refractivity contribution in [3.8, 4) is 5.75 Å². The first-order valence-electron chi connectivity index (χ1n) is 6.42. The molecule has 8 heteroatoms. The lowest BCUT2D eigenvalue weighted by Gasteiger charge is -2.05. The Morgan fingerprint density at radius 1 is 1.35 bits per heavy atom. The smallest absolute Gasteiger partial charge is 0.271 e. The van der Waals surface area contributed by atoms with Crippen molar-refractivity contribution in [1.82, 2.24) is 5.43 Å². The number of carbonyl (C=O) groups excluding carboxylic acids is 1. The molecule has 0 spiro atoms. The van der Waals surface area contributed by atoms with Crippen molar-refractivity contribution in [2.24, 2.45) is 5.10 Å². The maximum atomic E-state index is 12.0. The number of carbonyl (C=O) groups is 1. The molecule has 0 aliphatic heterocycles. The summed E-state index contributed by atoms with van der Waals surface area (Å²) in [6, 6.07) is 10.8. The van der Waals surface area contributed by atoms with Crippen LogP contribution in [0.4, 0.5) is 5.69 Å². The van der Waals surface area contributed by atoms with E-state index in [9.17, 15) is 14.9 Å². The first-order chi connectivity index (χ1) is 11.0. The number of ether oxygens (including phenoxy) is 1. The minimum Gasteiger partial charge on any atom is -0.496 e. The second kappa shape index (κ2) is 7.50. The van der Waals surface area contributed by atoms with Crippen molar-refractivity contribution in [3.05, 3.63) is 68.2 Å². The molecule has 0 atom stereocenters. The molecule has 0 heterocycles. The number of halogens is 1. The quantitative estimate of drug-likeness (QED) is 0.491. The van der Waals surface area contributed by atoms with Crippen LogP contribution in [-0.2, 0) is 0 Å². The van der Waals surface area contributed by atoms with E-state index in [2.05, 4.69) is 26.5 Å². The van der Waals surface area contributed by atoms with Crippen molar-refractivity contribution in [2.75, 3.05) is 7.11 Å². The molecular weight excluding hydrogens is 366 g/mol. The molecule has 0 aliphatic rings. The number of rotatable bonds is 5. The number of non-ortho nitro benzene ring substituents is 1. The number of amides is 1. The van der Waals surface area contributed by atoms with Crippen molar-refractivity contribution in [3.63, 3.8) is 0 Å². The maximum absolute atomic E-state index is 12.0. The molecule has 0 saturated carbocycles. The number of nitro groups is 1. The summed E-state index contributed by atoms with van der Waals surface area (Å²) < 4.78 is 5.73. The Bertz CT molecular complexity index is 777. The van der Waals surface area contributed by atoms with Crippen LogP contribution in [0.5, 0.6) is 5.75 Å². The first kappa shape index (κ1) is 16.6. The molecule has 1 N–H and O–H groups in total. The van der Waals surface area contributed by atoms with E-state index in [0.717, 1.165) is 0 Å². The zero-order valence-corrected chi connectivity index (χ0v) is 13.6. The van der Waals surface area contributed by atoms with Crippen LogP contribution < -0.4 is 10.2 Å². The first-order valence-corrected chi connectivity index (χ1v) is 7.22. The molecule has 1 amide bonds. The largest absolute Gasteiger partial charge is 0.496 e. The Morgan fingerprint density at radius 3 is 2.78 bits per heavy atom. The molecule has 0 radical (unpaired) electrons. The van der Waals surface area contributed by atoms with Crippen molar-refractivity contribution in [1.29, 1.82) is 0 Å². The molecule has 0 saturated heterocycles. The number of hydrogen-bond donors (Lipinski definition) is 1. The lowest BCUT2D eigenvalue weighted by atomic mass is 10.2. The summed E-state index contributed by atoms with van der Waals surface area (Å²) in [6.45, 7) is 0. The molecule has 0 unspecified atom stereocenters. The summed E-state index contributed by atoms with van der Waals surface area (Å²) >= 11 is 3.29. The summed E-state index contributed by atoms with van der Waals surface area (Å²) in [6.07, 6.45) is 1.34. The Morgan fingerprint density at radius 2 is 2.13 bits per heavy atom. The van der Waals surface area contributed by atoms with E-state index in [1.807, 2.05) is 0 Å². The number of benzene rings is 2. The van der Waals surface area contributed by atoms with Crippen LogP contribution in [0.3, 0.4) is 0 Å². The van der Waals surface area contributed by atoms with Gasteiger partial charge in [-0.05, 0) is 34.1 Å². The minimum absolute atomic E-state index is 0.0423. The van der Waals surface area contributed by atoms with Gasteiger partial charge in [0, 0.05) is 23.3 Å². The Balaban J connectivity index is 2.05. The van der Waals surface area contributed by atoms with Gasteiger partial charge < -0.3 is 4.74 Å². The number of hydrogen-bond acceptors (Lipinski definition) is 5. The van der Waals surface area contributed by atoms with Crippen LogP contribution in [-0.4, -0.2) is 24.2 Å². The predicted octanol–water partition coefficient (Wildman–Crippen LogP) is 3.13. The zero-order chi connectivity index (χ0) is 16.8. The summed E-state index contributed by atoms with van der Waals surface area (Å²) in [7, 11) is 1.53. The van der Waals surface area contributed by atoms with Crippen LogP contribution in [0.25, 0.3) is 0 Å². The molecule has 118 valence electrons. The number of nitro benzene ring substituents is 1. The van der Waals surface area contributed by atoms with Crippen LogP contribution in [0, 0.1) is 10.1 Å². The van der Waals surface area contributed by atoms with Gasteiger partial charge in [-0.15, -0.1) is 0 Å². The summed E-state index contributed by atoms with van der Waals surface area (Å²) in [4.78, 5) is 22.2. The predicted molar refractivity (Wildman–Crippen MR) is 88.9 cm³/mol. The molecule has 23 heavy (non-hydrogen) atoms. The molecular formula is C15H12BrN3O4. The molecule has 0 aromatic heterocycles. The fourth-order valence-corrected chi connectivity index (χ4v) is 2.30. The highest BCUT2D eigenvalue weighted by atomic mass is 79.9. The normalized spacial score (nSPS) is 10.5. The van der Waals surface area contributed by atoms with Gasteiger partial charge in [0.1, 0.15) is 5.75 Å². The molecule has 0 bridgehead atoms. The summed E-state index contributed by atoms with van der Waals surface area (Å²) in [5, 5.41) is 14.5. The topological polar surface area (TPSA) is 93.8 Å². The van der Waals surface area contributed by atoms with Gasteiger partial charge in [0.15, 0.2) is 0 Å². The van der Waals surface area contributed by atoms with Gasteiger partial charge in [-0.25, -0.2) is 5.43 Å². The summed E-state index contributed by atoms with van der Waals surface area (Å²) in [5.41, 5.74) is 3.22. The molecule has 0 fully saturated rings. The van der Waals surface area contributed by atoms with E-state index in [0.29, 0.717) is 21.3 Å². The highest BCUT2D eigenvalue weighted by molar-refractivity contribution is 9.10. The fraction of sp³-hybridized carbons (Fsp3) is 0.0667. The zero-order valence-electron chi connectivity index (χ0n) is 12.0. The molecule has 2 aromatic carbocycles. The molecule has 2 rings (SSSR count). The Kier molecular flexibility index (Phi) is 5.42. The highest BCUT2D eigenvalue weighted by Crippen LogP contribution is 2.25. The lowest BCUT2D eigenvalue weighted by Crippen LogP contribution is -2.17. The second-order valence-electron chi connectivity index (χ2n) is 4.40. The third-order valence-corrected chi connectivity index (χ3v) is 3.49. The molecule has 0 aliphatic carbocycles. The maximum Gasteiger partial charge on any atom is 0.271 e. The number of nitrogens with zero attached hydrogens (tertiary/aromatic N) is 2. The SMILES string of the molecule is COc1ccc(C(=O)N/N=C\c2cccc([N+](=O)[O-])c2)cc1Br. The van der Waals surface area contributed by atoms with Gasteiger partial charge in [0.05, 0.1) is 22.7 Å². The average molecular weight is 378 g/mol. The number of methoxy groups -OCH3 is 1. The van der Waals surface area contributed by atoms with Crippen LogP contribution >= 0.6 is 15.9 Å². The third-order valence-electron chi connectivity index (χ3n) is 2.87. The number of nitrogens with one attached hydrogen (secondary N) is 1. The van der Waals surface area contributed by atoms with E-state index in [4.69, 9.17) is 4.74 Å². The van der Waals surface area contributed by atoms with Gasteiger partial charge in [-0.2, -0.15) is 5.10 Å². The van der Waals surface area contributed by atoms with E-state index in [1.165, 1.54) is 25.5 Å². The van der Waals surface area contributed by atoms with Crippen molar-refractivity contribution < 1.29 is 14.5 Å². The number of hydrazone groups is 1. The second-order valence-corrected chi connectivity index (χ2v) is 5.25. The average Bonchev–Trinajstić information content (AvgIpc) is 2.55. The lowest BCUT2D eigenvalue weighted by molar-refractivity contribution is -0.384. The van der Waals surface area contributed by atoms with Crippen LogP contribution in [0.2, 0.25) is 0 Å². The van der Waals surface area contributed by atoms with Gasteiger partial charge in [0.2, 0.25) is 0 Å². The standard InChI is InChI=1S/C15H12BrN3O4/c1-23-14-6-5-11(8-13(14)16)15(20)18-17-9-10-3-2-4-12(7-10)19(21)22/h2-9H,1H3,(H,18,20)/b17-9-. The van der Waals surface area contributed by atoms with Crippen molar-refractivity contribution >= 4 is 33.7 Å². The van der Waals surface area contributed by atoms with Gasteiger partial charge >= 0.3 is 0 Å². The van der Waals surface area contributed by atoms with E-state index in [-0.39, 0.29) is 5.69 Å². The minimum atomic E-state index is -0.495. The van der Waals surface area contributed by atoms with Crippen LogP contribution in [0.15, 0.2) is 52.0 Å². The highest BCUT2D eigenvalue weighted by Gasteiger charge is 2.08. The van der Waals surface area contributed by atoms with Crippen LogP contribution in [0.1, 0.15) is 15.9 Å². The van der Waals surface area contributed by atoms with E-state index in [1.54, 1.807) is 30.3 Å². The summed E-state index contributed by atoms with van der Waals surface area (Å²) in [5.74, 6) is 0.205. The van der Waals surface area contributed by atoms with E-state index >= 15 is 0 Å². The Hall–Kier alpha value is -2.74. The van der Waals surface area contributed by atoms with Gasteiger partial charge in [-0.1, -0.05) is 12.1 Å². The Labute approximate surface area is 140 Å². The fourth-order valence-electron chi connectivity index (χ4n) is 1.76. The van der Waals surface area contributed by atoms with Gasteiger partial charge in [-0.3, -0.25) is 14.9 Å². The molecule has 2 aromatic rings. The monoisotopic (exact) mass is 377 g/mol.